The maximum Gasteiger partial charge on any atom is 0.0766 e. The quantitative estimate of drug-likeness (QED) is 0.866. The highest BCUT2D eigenvalue weighted by atomic mass is 16.5. The largest absolute Gasteiger partial charge is 0.379 e. The van der Waals surface area contributed by atoms with Crippen molar-refractivity contribution in [1.29, 1.82) is 0 Å². The van der Waals surface area contributed by atoms with Gasteiger partial charge in [0.1, 0.15) is 0 Å². The number of hydrogen-bond acceptors (Lipinski definition) is 4. The second kappa shape index (κ2) is 6.00. The molecule has 0 amide bonds. The zero-order valence-electron chi connectivity index (χ0n) is 13.3. The molecule has 1 heterocycles. The monoisotopic (exact) mass is 277 g/mol. The molecule has 0 radical (unpaired) electrons. The van der Waals surface area contributed by atoms with E-state index in [2.05, 4.69) is 50.1 Å². The minimum absolute atomic E-state index is 0.204. The van der Waals surface area contributed by atoms with E-state index in [9.17, 15) is 0 Å². The topological polar surface area (TPSA) is 37.4 Å². The lowest BCUT2D eigenvalue weighted by Gasteiger charge is -2.54. The zero-order valence-corrected chi connectivity index (χ0v) is 13.3. The second-order valence-corrected chi connectivity index (χ2v) is 6.02. The molecule has 1 saturated carbocycles. The van der Waals surface area contributed by atoms with Crippen molar-refractivity contribution in [2.45, 2.75) is 45.8 Å². The number of hydrogen-bond donors (Lipinski definition) is 1. The first-order valence-electron chi connectivity index (χ1n) is 7.52. The van der Waals surface area contributed by atoms with Crippen LogP contribution in [0.2, 0.25) is 0 Å². The third-order valence-corrected chi connectivity index (χ3v) is 4.72. The smallest absolute Gasteiger partial charge is 0.0766 e. The van der Waals surface area contributed by atoms with Crippen LogP contribution in [0.3, 0.4) is 0 Å². The summed E-state index contributed by atoms with van der Waals surface area (Å²) in [6, 6.07) is 2.50. The molecule has 3 unspecified atom stereocenters. The van der Waals surface area contributed by atoms with E-state index in [0.717, 1.165) is 25.1 Å². The molecule has 1 aliphatic carbocycles. The lowest BCUT2D eigenvalue weighted by Crippen LogP contribution is -2.59. The number of pyridine rings is 1. The minimum atomic E-state index is 0.204. The van der Waals surface area contributed by atoms with Crippen LogP contribution in [-0.2, 0) is 4.74 Å². The first-order valence-corrected chi connectivity index (χ1v) is 7.52. The summed E-state index contributed by atoms with van der Waals surface area (Å²) in [6.45, 7) is 7.43. The Labute approximate surface area is 122 Å². The van der Waals surface area contributed by atoms with Crippen molar-refractivity contribution >= 4 is 11.4 Å². The van der Waals surface area contributed by atoms with Crippen molar-refractivity contribution in [2.24, 2.45) is 5.41 Å². The molecule has 1 N–H and O–H groups in total. The lowest BCUT2D eigenvalue weighted by molar-refractivity contribution is -0.109. The van der Waals surface area contributed by atoms with Crippen LogP contribution < -0.4 is 10.2 Å². The Morgan fingerprint density at radius 2 is 2.20 bits per heavy atom. The Balaban J connectivity index is 2.12. The van der Waals surface area contributed by atoms with Gasteiger partial charge in [0.25, 0.3) is 0 Å². The predicted octanol–water partition coefficient (Wildman–Crippen LogP) is 3.15. The van der Waals surface area contributed by atoms with Gasteiger partial charge in [-0.1, -0.05) is 13.8 Å². The molecule has 1 fully saturated rings. The van der Waals surface area contributed by atoms with E-state index in [0.29, 0.717) is 12.1 Å². The van der Waals surface area contributed by atoms with Crippen LogP contribution in [0.5, 0.6) is 0 Å². The Bertz CT molecular complexity index is 449. The highest BCUT2D eigenvalue weighted by Gasteiger charge is 2.51. The molecule has 2 rings (SSSR count). The maximum absolute atomic E-state index is 5.86. The van der Waals surface area contributed by atoms with Crippen LogP contribution in [0.15, 0.2) is 18.5 Å². The van der Waals surface area contributed by atoms with Gasteiger partial charge in [0.05, 0.1) is 23.7 Å². The summed E-state index contributed by atoms with van der Waals surface area (Å²) in [4.78, 5) is 6.36. The van der Waals surface area contributed by atoms with E-state index in [1.165, 1.54) is 5.69 Å². The molecule has 0 spiro atoms. The molecule has 4 nitrogen and oxygen atoms in total. The first kappa shape index (κ1) is 15.1. The predicted molar refractivity (Wildman–Crippen MR) is 84.4 cm³/mol. The number of ether oxygens (including phenoxy) is 1. The highest BCUT2D eigenvalue weighted by Crippen LogP contribution is 2.47. The zero-order chi connectivity index (χ0) is 14.8. The molecule has 1 aromatic rings. The van der Waals surface area contributed by atoms with Crippen molar-refractivity contribution in [1.82, 2.24) is 4.98 Å². The van der Waals surface area contributed by atoms with Gasteiger partial charge in [-0.15, -0.1) is 0 Å². The maximum atomic E-state index is 5.86. The van der Waals surface area contributed by atoms with E-state index < -0.39 is 0 Å². The van der Waals surface area contributed by atoms with Gasteiger partial charge in [0.2, 0.25) is 0 Å². The van der Waals surface area contributed by atoms with Crippen molar-refractivity contribution in [3.8, 4) is 0 Å². The van der Waals surface area contributed by atoms with E-state index in [4.69, 9.17) is 4.74 Å². The van der Waals surface area contributed by atoms with Crippen LogP contribution >= 0.6 is 0 Å². The van der Waals surface area contributed by atoms with Gasteiger partial charge in [0, 0.05) is 38.4 Å². The summed E-state index contributed by atoms with van der Waals surface area (Å²) in [6.07, 6.45) is 6.31. The SMILES string of the molecule is CCOC1CC(Nc2cnccc2N(C)C)C1(C)CC. The molecule has 1 aliphatic rings. The molecule has 4 heteroatoms. The third kappa shape index (κ3) is 2.62. The normalized spacial score (nSPS) is 28.9. The standard InChI is InChI=1S/C16H27N3O/c1-6-16(3)14(10-15(16)20-7-2)18-12-11-17-9-8-13(12)19(4)5/h8-9,11,14-15,18H,6-7,10H2,1-5H3. The second-order valence-electron chi connectivity index (χ2n) is 6.02. The fourth-order valence-corrected chi connectivity index (χ4v) is 3.05. The van der Waals surface area contributed by atoms with Crippen LogP contribution in [0.1, 0.15) is 33.6 Å². The number of nitrogens with zero attached hydrogens (tertiary/aromatic N) is 2. The van der Waals surface area contributed by atoms with Gasteiger partial charge < -0.3 is 15.0 Å². The molecular weight excluding hydrogens is 250 g/mol. The average Bonchev–Trinajstić information content (AvgIpc) is 2.45. The van der Waals surface area contributed by atoms with Crippen molar-refractivity contribution in [3.63, 3.8) is 0 Å². The fourth-order valence-electron chi connectivity index (χ4n) is 3.05. The van der Waals surface area contributed by atoms with E-state index in [1.807, 2.05) is 18.5 Å². The molecule has 112 valence electrons. The summed E-state index contributed by atoms with van der Waals surface area (Å²) in [5.41, 5.74) is 2.49. The van der Waals surface area contributed by atoms with Gasteiger partial charge in [0.15, 0.2) is 0 Å². The molecule has 0 aliphatic heterocycles. The molecule has 3 atom stereocenters. The van der Waals surface area contributed by atoms with Crippen molar-refractivity contribution in [3.05, 3.63) is 18.5 Å². The summed E-state index contributed by atoms with van der Waals surface area (Å²) < 4.78 is 5.86. The van der Waals surface area contributed by atoms with E-state index in [-0.39, 0.29) is 5.41 Å². The summed E-state index contributed by atoms with van der Waals surface area (Å²) in [5, 5.41) is 3.67. The highest BCUT2D eigenvalue weighted by molar-refractivity contribution is 5.68. The summed E-state index contributed by atoms with van der Waals surface area (Å²) in [5.74, 6) is 0. The minimum Gasteiger partial charge on any atom is -0.379 e. The molecule has 20 heavy (non-hydrogen) atoms. The van der Waals surface area contributed by atoms with Crippen LogP contribution in [0.4, 0.5) is 11.4 Å². The Morgan fingerprint density at radius 3 is 2.80 bits per heavy atom. The van der Waals surface area contributed by atoms with E-state index >= 15 is 0 Å². The van der Waals surface area contributed by atoms with Gasteiger partial charge in [-0.2, -0.15) is 0 Å². The average molecular weight is 277 g/mol. The number of nitrogens with one attached hydrogen (secondary N) is 1. The lowest BCUT2D eigenvalue weighted by atomic mass is 9.61. The number of rotatable bonds is 6. The van der Waals surface area contributed by atoms with Gasteiger partial charge in [-0.25, -0.2) is 0 Å². The first-order chi connectivity index (χ1) is 9.52. The summed E-state index contributed by atoms with van der Waals surface area (Å²) >= 11 is 0. The molecule has 0 bridgehead atoms. The van der Waals surface area contributed by atoms with Crippen molar-refractivity contribution in [2.75, 3.05) is 30.9 Å². The molecule has 1 aromatic heterocycles. The number of anilines is 2. The Kier molecular flexibility index (Phi) is 4.53. The molecule has 0 saturated heterocycles. The van der Waals surface area contributed by atoms with E-state index in [1.54, 1.807) is 0 Å². The molecular formula is C16H27N3O. The Hall–Kier alpha value is -1.29. The van der Waals surface area contributed by atoms with Gasteiger partial charge in [-0.3, -0.25) is 4.98 Å². The van der Waals surface area contributed by atoms with Crippen LogP contribution in [0, 0.1) is 5.41 Å². The summed E-state index contributed by atoms with van der Waals surface area (Å²) in [7, 11) is 4.12. The molecule has 0 aromatic carbocycles. The number of aromatic nitrogens is 1. The van der Waals surface area contributed by atoms with Crippen molar-refractivity contribution < 1.29 is 4.74 Å². The fraction of sp³-hybridized carbons (Fsp3) is 0.688. The van der Waals surface area contributed by atoms with Crippen LogP contribution in [0.25, 0.3) is 0 Å². The van der Waals surface area contributed by atoms with Gasteiger partial charge >= 0.3 is 0 Å². The Morgan fingerprint density at radius 1 is 1.45 bits per heavy atom. The van der Waals surface area contributed by atoms with Gasteiger partial charge in [-0.05, 0) is 25.8 Å². The van der Waals surface area contributed by atoms with Crippen LogP contribution in [-0.4, -0.2) is 37.8 Å². The third-order valence-electron chi connectivity index (χ3n) is 4.72.